The van der Waals surface area contributed by atoms with E-state index in [0.717, 1.165) is 31.5 Å². The number of hydrogen-bond acceptors (Lipinski definition) is 2. The van der Waals surface area contributed by atoms with Crippen molar-refractivity contribution >= 4 is 11.6 Å². The SMILES string of the molecule is Cn1ccc(C2CCN(Cc3c(F)cccc3Cl)CC2)cc1=O. The Morgan fingerprint density at radius 3 is 2.65 bits per heavy atom. The maximum absolute atomic E-state index is 13.9. The highest BCUT2D eigenvalue weighted by Gasteiger charge is 2.22. The summed E-state index contributed by atoms with van der Waals surface area (Å²) in [4.78, 5) is 14.0. The first-order valence-corrected chi connectivity index (χ1v) is 8.24. The van der Waals surface area contributed by atoms with Gasteiger partial charge in [0.15, 0.2) is 0 Å². The molecule has 1 aromatic heterocycles. The van der Waals surface area contributed by atoms with Crippen molar-refractivity contribution in [1.82, 2.24) is 9.47 Å². The van der Waals surface area contributed by atoms with Crippen LogP contribution in [0.25, 0.3) is 0 Å². The van der Waals surface area contributed by atoms with Crippen LogP contribution in [0.4, 0.5) is 4.39 Å². The van der Waals surface area contributed by atoms with E-state index >= 15 is 0 Å². The molecule has 0 bridgehead atoms. The van der Waals surface area contributed by atoms with Gasteiger partial charge in [-0.05, 0) is 55.6 Å². The molecule has 1 aliphatic rings. The molecule has 0 aliphatic carbocycles. The van der Waals surface area contributed by atoms with Crippen LogP contribution >= 0.6 is 11.6 Å². The van der Waals surface area contributed by atoms with Crippen LogP contribution in [0, 0.1) is 5.82 Å². The van der Waals surface area contributed by atoms with Gasteiger partial charge in [0, 0.05) is 36.4 Å². The fourth-order valence-corrected chi connectivity index (χ4v) is 3.37. The van der Waals surface area contributed by atoms with Crippen LogP contribution in [0.2, 0.25) is 5.02 Å². The van der Waals surface area contributed by atoms with Crippen molar-refractivity contribution in [3.63, 3.8) is 0 Å². The lowest BCUT2D eigenvalue weighted by molar-refractivity contribution is 0.202. The second kappa shape index (κ2) is 6.85. The lowest BCUT2D eigenvalue weighted by Gasteiger charge is -2.32. The monoisotopic (exact) mass is 334 g/mol. The highest BCUT2D eigenvalue weighted by atomic mass is 35.5. The van der Waals surface area contributed by atoms with Crippen molar-refractivity contribution in [2.75, 3.05) is 13.1 Å². The van der Waals surface area contributed by atoms with Crippen molar-refractivity contribution in [1.29, 1.82) is 0 Å². The summed E-state index contributed by atoms with van der Waals surface area (Å²) in [6.45, 7) is 2.30. The summed E-state index contributed by atoms with van der Waals surface area (Å²) >= 11 is 6.10. The molecule has 2 aromatic rings. The van der Waals surface area contributed by atoms with Crippen LogP contribution in [0.3, 0.4) is 0 Å². The number of pyridine rings is 1. The number of piperidine rings is 1. The van der Waals surface area contributed by atoms with E-state index in [2.05, 4.69) is 4.90 Å². The Bertz CT molecular complexity index is 731. The molecule has 1 saturated heterocycles. The molecule has 122 valence electrons. The minimum atomic E-state index is -0.244. The van der Waals surface area contributed by atoms with Gasteiger partial charge >= 0.3 is 0 Å². The van der Waals surface area contributed by atoms with Crippen LogP contribution < -0.4 is 5.56 Å². The topological polar surface area (TPSA) is 25.2 Å². The molecule has 1 aliphatic heterocycles. The molecule has 0 saturated carbocycles. The maximum atomic E-state index is 13.9. The minimum Gasteiger partial charge on any atom is -0.319 e. The van der Waals surface area contributed by atoms with E-state index in [-0.39, 0.29) is 11.4 Å². The lowest BCUT2D eigenvalue weighted by atomic mass is 9.90. The van der Waals surface area contributed by atoms with E-state index in [1.807, 2.05) is 12.3 Å². The summed E-state index contributed by atoms with van der Waals surface area (Å²) in [6, 6.07) is 8.56. The van der Waals surface area contributed by atoms with Crippen LogP contribution in [-0.2, 0) is 13.6 Å². The molecule has 2 heterocycles. The molecule has 1 aromatic carbocycles. The average molecular weight is 335 g/mol. The van der Waals surface area contributed by atoms with Gasteiger partial charge < -0.3 is 4.57 Å². The zero-order valence-corrected chi connectivity index (χ0v) is 13.9. The first kappa shape index (κ1) is 16.2. The zero-order chi connectivity index (χ0) is 16.4. The summed E-state index contributed by atoms with van der Waals surface area (Å²) < 4.78 is 15.5. The fourth-order valence-electron chi connectivity index (χ4n) is 3.15. The second-order valence-corrected chi connectivity index (χ2v) is 6.57. The van der Waals surface area contributed by atoms with E-state index < -0.39 is 0 Å². The van der Waals surface area contributed by atoms with Gasteiger partial charge in [0.1, 0.15) is 5.82 Å². The Hall–Kier alpha value is -1.65. The largest absolute Gasteiger partial charge is 0.319 e. The third kappa shape index (κ3) is 3.65. The standard InChI is InChI=1S/C18H20ClFN2O/c1-21-8-5-14(11-18(21)23)13-6-9-22(10-7-13)12-15-16(19)3-2-4-17(15)20/h2-5,8,11,13H,6-7,9-10,12H2,1H3. The van der Waals surface area contributed by atoms with E-state index in [0.29, 0.717) is 23.0 Å². The summed E-state index contributed by atoms with van der Waals surface area (Å²) in [5.41, 5.74) is 1.71. The highest BCUT2D eigenvalue weighted by Crippen LogP contribution is 2.29. The molecule has 5 heteroatoms. The van der Waals surface area contributed by atoms with Gasteiger partial charge in [-0.3, -0.25) is 9.69 Å². The Morgan fingerprint density at radius 2 is 2.00 bits per heavy atom. The van der Waals surface area contributed by atoms with Gasteiger partial charge in [0.05, 0.1) is 0 Å². The van der Waals surface area contributed by atoms with E-state index in [9.17, 15) is 9.18 Å². The van der Waals surface area contributed by atoms with Gasteiger partial charge in [0.25, 0.3) is 5.56 Å². The third-order valence-corrected chi connectivity index (χ3v) is 4.98. The first-order chi connectivity index (χ1) is 11.0. The number of benzene rings is 1. The minimum absolute atomic E-state index is 0.0306. The van der Waals surface area contributed by atoms with E-state index in [1.165, 1.54) is 6.07 Å². The molecule has 0 atom stereocenters. The highest BCUT2D eigenvalue weighted by molar-refractivity contribution is 6.31. The number of hydrogen-bond donors (Lipinski definition) is 0. The Balaban J connectivity index is 1.64. The number of aryl methyl sites for hydroxylation is 1. The lowest BCUT2D eigenvalue weighted by Crippen LogP contribution is -2.33. The molecule has 23 heavy (non-hydrogen) atoms. The Morgan fingerprint density at radius 1 is 1.26 bits per heavy atom. The van der Waals surface area contributed by atoms with Crippen molar-refractivity contribution in [3.05, 3.63) is 68.8 Å². The number of likely N-dealkylation sites (tertiary alicyclic amines) is 1. The van der Waals surface area contributed by atoms with Crippen molar-refractivity contribution in [2.24, 2.45) is 7.05 Å². The summed E-state index contributed by atoms with van der Waals surface area (Å²) in [5, 5.41) is 0.485. The first-order valence-electron chi connectivity index (χ1n) is 7.86. The predicted molar refractivity (Wildman–Crippen MR) is 90.3 cm³/mol. The molecule has 0 N–H and O–H groups in total. The van der Waals surface area contributed by atoms with Crippen LogP contribution in [0.1, 0.15) is 29.9 Å². The van der Waals surface area contributed by atoms with Crippen molar-refractivity contribution in [3.8, 4) is 0 Å². The van der Waals surface area contributed by atoms with E-state index in [1.54, 1.807) is 29.8 Å². The zero-order valence-electron chi connectivity index (χ0n) is 13.1. The molecular formula is C18H20ClFN2O. The van der Waals surface area contributed by atoms with E-state index in [4.69, 9.17) is 11.6 Å². The fraction of sp³-hybridized carbons (Fsp3) is 0.389. The number of aromatic nitrogens is 1. The quantitative estimate of drug-likeness (QED) is 0.857. The maximum Gasteiger partial charge on any atom is 0.250 e. The molecule has 0 unspecified atom stereocenters. The molecule has 0 amide bonds. The van der Waals surface area contributed by atoms with Crippen LogP contribution in [0.5, 0.6) is 0 Å². The molecule has 3 nitrogen and oxygen atoms in total. The Labute approximate surface area is 140 Å². The van der Waals surface area contributed by atoms with Gasteiger partial charge in [-0.25, -0.2) is 4.39 Å². The summed E-state index contributed by atoms with van der Waals surface area (Å²) in [5.74, 6) is 0.155. The van der Waals surface area contributed by atoms with Gasteiger partial charge in [0.2, 0.25) is 0 Å². The van der Waals surface area contributed by atoms with Crippen LogP contribution in [-0.4, -0.2) is 22.6 Å². The molecule has 1 fully saturated rings. The average Bonchev–Trinajstić information content (AvgIpc) is 2.54. The van der Waals surface area contributed by atoms with Gasteiger partial charge in [-0.2, -0.15) is 0 Å². The molecule has 3 rings (SSSR count). The van der Waals surface area contributed by atoms with Crippen molar-refractivity contribution in [2.45, 2.75) is 25.3 Å². The van der Waals surface area contributed by atoms with Gasteiger partial charge in [-0.15, -0.1) is 0 Å². The Kier molecular flexibility index (Phi) is 4.83. The molecular weight excluding hydrogens is 315 g/mol. The predicted octanol–water partition coefficient (Wildman–Crippen LogP) is 3.56. The van der Waals surface area contributed by atoms with Gasteiger partial charge in [-0.1, -0.05) is 17.7 Å². The number of rotatable bonds is 3. The number of nitrogens with zero attached hydrogens (tertiary/aromatic N) is 2. The van der Waals surface area contributed by atoms with Crippen LogP contribution in [0.15, 0.2) is 41.3 Å². The third-order valence-electron chi connectivity index (χ3n) is 4.63. The normalized spacial score (nSPS) is 16.7. The summed E-state index contributed by atoms with van der Waals surface area (Å²) in [7, 11) is 1.76. The molecule has 0 spiro atoms. The molecule has 0 radical (unpaired) electrons. The smallest absolute Gasteiger partial charge is 0.250 e. The number of halogens is 2. The van der Waals surface area contributed by atoms with Crippen molar-refractivity contribution < 1.29 is 4.39 Å². The summed E-state index contributed by atoms with van der Waals surface area (Å²) in [6.07, 6.45) is 3.77. The second-order valence-electron chi connectivity index (χ2n) is 6.16.